The molecule has 89 valence electrons. The Balaban J connectivity index is 3.71. The van der Waals surface area contributed by atoms with E-state index in [-0.39, 0.29) is 12.0 Å². The molecule has 0 unspecified atom stereocenters. The molecule has 0 amide bonds. The van der Waals surface area contributed by atoms with E-state index in [1.807, 2.05) is 0 Å². The van der Waals surface area contributed by atoms with Crippen molar-refractivity contribution >= 4 is 17.1 Å². The summed E-state index contributed by atoms with van der Waals surface area (Å²) < 4.78 is 0. The average Bonchev–Trinajstić information content (AvgIpc) is 2.26. The lowest BCUT2D eigenvalue weighted by molar-refractivity contribution is -0.441. The van der Waals surface area contributed by atoms with Crippen molar-refractivity contribution < 1.29 is 14.8 Å². The maximum atomic E-state index is 10.7. The fraction of sp³-hybridized carbons (Fsp3) is 0.125. The lowest BCUT2D eigenvalue weighted by Gasteiger charge is -2.01. The summed E-state index contributed by atoms with van der Waals surface area (Å²) in [6.45, 7) is 3.38. The molecule has 0 aromatic heterocycles. The zero-order chi connectivity index (χ0) is 13.2. The smallest absolute Gasteiger partial charge is 0.258 e. The minimum atomic E-state index is -1.13. The van der Waals surface area contributed by atoms with Crippen LogP contribution in [0.15, 0.2) is 12.1 Å². The molecule has 0 fully saturated rings. The van der Waals surface area contributed by atoms with Gasteiger partial charge in [0.05, 0.1) is 14.8 Å². The molecule has 9 nitrogen and oxygen atoms in total. The average molecular weight is 240 g/mol. The Hall–Kier alpha value is -2.58. The Labute approximate surface area is 94.1 Å². The van der Waals surface area contributed by atoms with Gasteiger partial charge in [-0.25, -0.2) is 0 Å². The van der Waals surface area contributed by atoms with Gasteiger partial charge >= 0.3 is 17.1 Å². The molecule has 0 aliphatic carbocycles. The Bertz CT molecular complexity index is 512. The third-order valence-corrected chi connectivity index (χ3v) is 2.04. The van der Waals surface area contributed by atoms with Crippen molar-refractivity contribution in [2.75, 3.05) is 0 Å². The van der Waals surface area contributed by atoms with Gasteiger partial charge in [-0.05, 0) is 19.4 Å². The molecule has 0 aliphatic rings. The zero-order valence-electron chi connectivity index (χ0n) is 8.36. The van der Waals surface area contributed by atoms with Crippen molar-refractivity contribution in [2.24, 2.45) is 0 Å². The largest absolute Gasteiger partial charge is 0.422 e. The summed E-state index contributed by atoms with van der Waals surface area (Å²) in [6.07, 6.45) is -0.0743. The van der Waals surface area contributed by atoms with Gasteiger partial charge in [-0.3, -0.25) is 30.3 Å². The van der Waals surface area contributed by atoms with Crippen molar-refractivity contribution in [3.63, 3.8) is 0 Å². The van der Waals surface area contributed by atoms with E-state index in [1.165, 1.54) is 0 Å². The van der Waals surface area contributed by atoms with Crippen LogP contribution in [0.2, 0.25) is 0 Å². The molecule has 0 spiro atoms. The Morgan fingerprint density at radius 1 is 0.941 bits per heavy atom. The molecule has 1 aromatic carbocycles. The highest BCUT2D eigenvalue weighted by Gasteiger charge is 2.37. The van der Waals surface area contributed by atoms with E-state index in [2.05, 4.69) is 6.92 Å². The first kappa shape index (κ1) is 12.5. The molecule has 1 radical (unpaired) electrons. The van der Waals surface area contributed by atoms with Gasteiger partial charge in [0.1, 0.15) is 0 Å². The standard InChI is InChI=1S/C8H6N3O6/c1-2-5-3-4-6(9(12)13)8(11(16)17)7(5)10(14)15/h3-4H,1-2H2. The molecule has 0 saturated carbocycles. The van der Waals surface area contributed by atoms with Crippen molar-refractivity contribution in [2.45, 2.75) is 6.42 Å². The molecule has 0 aliphatic heterocycles. The maximum Gasteiger partial charge on any atom is 0.422 e. The van der Waals surface area contributed by atoms with Crippen molar-refractivity contribution in [3.05, 3.63) is 55.0 Å². The first-order valence-electron chi connectivity index (χ1n) is 4.28. The Morgan fingerprint density at radius 3 is 1.82 bits per heavy atom. The summed E-state index contributed by atoms with van der Waals surface area (Å²) in [5.41, 5.74) is -2.91. The number of nitro groups is 3. The number of hydrogen-bond acceptors (Lipinski definition) is 6. The van der Waals surface area contributed by atoms with Crippen LogP contribution in [0.4, 0.5) is 17.1 Å². The number of nitro benzene ring substituents is 3. The van der Waals surface area contributed by atoms with Crippen LogP contribution in [0.1, 0.15) is 5.56 Å². The van der Waals surface area contributed by atoms with Crippen molar-refractivity contribution in [1.82, 2.24) is 0 Å². The molecule has 0 bridgehead atoms. The fourth-order valence-corrected chi connectivity index (χ4v) is 1.34. The van der Waals surface area contributed by atoms with Crippen LogP contribution < -0.4 is 0 Å². The van der Waals surface area contributed by atoms with Crippen molar-refractivity contribution in [3.8, 4) is 0 Å². The molecule has 1 rings (SSSR count). The Kier molecular flexibility index (Phi) is 3.31. The first-order chi connectivity index (χ1) is 7.90. The van der Waals surface area contributed by atoms with E-state index in [0.29, 0.717) is 0 Å². The fourth-order valence-electron chi connectivity index (χ4n) is 1.34. The van der Waals surface area contributed by atoms with E-state index in [4.69, 9.17) is 0 Å². The molecular formula is C8H6N3O6. The lowest BCUT2D eigenvalue weighted by atomic mass is 10.1. The summed E-state index contributed by atoms with van der Waals surface area (Å²) in [4.78, 5) is 28.8. The Morgan fingerprint density at radius 2 is 1.47 bits per heavy atom. The second kappa shape index (κ2) is 4.51. The summed E-state index contributed by atoms with van der Waals surface area (Å²) in [5, 5.41) is 32.0. The lowest BCUT2D eigenvalue weighted by Crippen LogP contribution is -2.04. The number of nitrogens with zero attached hydrogens (tertiary/aromatic N) is 3. The third-order valence-electron chi connectivity index (χ3n) is 2.04. The highest BCUT2D eigenvalue weighted by molar-refractivity contribution is 5.69. The predicted molar refractivity (Wildman–Crippen MR) is 55.5 cm³/mol. The van der Waals surface area contributed by atoms with E-state index in [0.717, 1.165) is 12.1 Å². The summed E-state index contributed by atoms with van der Waals surface area (Å²) in [7, 11) is 0. The number of benzene rings is 1. The third kappa shape index (κ3) is 2.17. The summed E-state index contributed by atoms with van der Waals surface area (Å²) >= 11 is 0. The van der Waals surface area contributed by atoms with E-state index >= 15 is 0 Å². The van der Waals surface area contributed by atoms with Crippen LogP contribution in [0.5, 0.6) is 0 Å². The minimum absolute atomic E-state index is 0.0210. The quantitative estimate of drug-likeness (QED) is 0.582. The molecule has 0 atom stereocenters. The number of rotatable bonds is 4. The van der Waals surface area contributed by atoms with Gasteiger partial charge in [-0.2, -0.15) is 0 Å². The second-order valence-electron chi connectivity index (χ2n) is 2.96. The first-order valence-corrected chi connectivity index (χ1v) is 4.28. The van der Waals surface area contributed by atoms with E-state index in [1.54, 1.807) is 0 Å². The van der Waals surface area contributed by atoms with Gasteiger partial charge < -0.3 is 0 Å². The highest BCUT2D eigenvalue weighted by atomic mass is 16.6. The molecule has 1 aromatic rings. The monoisotopic (exact) mass is 240 g/mol. The van der Waals surface area contributed by atoms with Gasteiger partial charge in [-0.1, -0.05) is 0 Å². The summed E-state index contributed by atoms with van der Waals surface area (Å²) in [5.74, 6) is 0. The molecule has 0 heterocycles. The molecular weight excluding hydrogens is 234 g/mol. The molecule has 9 heteroatoms. The SMILES string of the molecule is [CH2]Cc1ccc([N+](=O)[O-])c([N+](=O)[O-])c1[N+](=O)[O-]. The van der Waals surface area contributed by atoms with Crippen LogP contribution in [-0.4, -0.2) is 14.8 Å². The normalized spacial score (nSPS) is 9.94. The molecule has 17 heavy (non-hydrogen) atoms. The molecule has 0 N–H and O–H groups in total. The predicted octanol–water partition coefficient (Wildman–Crippen LogP) is 1.79. The van der Waals surface area contributed by atoms with Gasteiger partial charge in [0, 0.05) is 11.6 Å². The van der Waals surface area contributed by atoms with Crippen LogP contribution in [0.25, 0.3) is 0 Å². The van der Waals surface area contributed by atoms with E-state index in [9.17, 15) is 30.3 Å². The van der Waals surface area contributed by atoms with Gasteiger partial charge in [0.25, 0.3) is 0 Å². The number of hydrogen-bond donors (Lipinski definition) is 0. The van der Waals surface area contributed by atoms with Crippen molar-refractivity contribution in [1.29, 1.82) is 0 Å². The highest BCUT2D eigenvalue weighted by Crippen LogP contribution is 2.38. The van der Waals surface area contributed by atoms with E-state index < -0.39 is 31.8 Å². The van der Waals surface area contributed by atoms with Crippen LogP contribution in [-0.2, 0) is 6.42 Å². The topological polar surface area (TPSA) is 129 Å². The van der Waals surface area contributed by atoms with Crippen LogP contribution in [0, 0.1) is 37.3 Å². The zero-order valence-corrected chi connectivity index (χ0v) is 8.36. The minimum Gasteiger partial charge on any atom is -0.258 e. The van der Waals surface area contributed by atoms with Gasteiger partial charge in [0.2, 0.25) is 0 Å². The van der Waals surface area contributed by atoms with Gasteiger partial charge in [-0.15, -0.1) is 0 Å². The molecule has 0 saturated heterocycles. The second-order valence-corrected chi connectivity index (χ2v) is 2.96. The van der Waals surface area contributed by atoms with Gasteiger partial charge in [0.15, 0.2) is 0 Å². The maximum absolute atomic E-state index is 10.7. The van der Waals surface area contributed by atoms with Crippen LogP contribution >= 0.6 is 0 Å². The summed E-state index contributed by atoms with van der Waals surface area (Å²) in [6, 6.07) is 1.96. The van der Waals surface area contributed by atoms with Crippen LogP contribution in [0.3, 0.4) is 0 Å².